The van der Waals surface area contributed by atoms with Crippen molar-refractivity contribution in [2.75, 3.05) is 19.0 Å². The summed E-state index contributed by atoms with van der Waals surface area (Å²) in [5.74, 6) is 0. The van der Waals surface area contributed by atoms with Gasteiger partial charge in [-0.1, -0.05) is 0 Å². The molecular weight excluding hydrogens is 196 g/mol. The van der Waals surface area contributed by atoms with E-state index in [1.807, 2.05) is 25.1 Å². The molecule has 0 aliphatic carbocycles. The van der Waals surface area contributed by atoms with Crippen molar-refractivity contribution >= 4 is 26.4 Å². The Labute approximate surface area is 78.3 Å². The van der Waals surface area contributed by atoms with E-state index in [9.17, 15) is 4.21 Å². The summed E-state index contributed by atoms with van der Waals surface area (Å²) in [5.41, 5.74) is 0.939. The number of rotatable bonds is 2. The molecule has 0 fully saturated rings. The van der Waals surface area contributed by atoms with Crippen LogP contribution in [-0.2, 0) is 10.0 Å². The van der Waals surface area contributed by atoms with E-state index in [2.05, 4.69) is 4.98 Å². The fourth-order valence-corrected chi connectivity index (χ4v) is 1.38. The maximum absolute atomic E-state index is 10.8. The molecule has 1 unspecified atom stereocenters. The Bertz CT molecular complexity index is 303. The number of halogens is 1. The molecule has 3 nitrogen and oxygen atoms in total. The SMILES string of the molecule is CN(C)c1ccnc(S(=O)Cl)c1. The molecule has 0 radical (unpaired) electrons. The first-order chi connectivity index (χ1) is 5.61. The third-order valence-electron chi connectivity index (χ3n) is 1.40. The molecule has 1 rings (SSSR count). The monoisotopic (exact) mass is 204 g/mol. The largest absolute Gasteiger partial charge is 0.378 e. The molecule has 5 heteroatoms. The second kappa shape index (κ2) is 3.87. The van der Waals surface area contributed by atoms with Crippen molar-refractivity contribution in [3.63, 3.8) is 0 Å². The van der Waals surface area contributed by atoms with Crippen LogP contribution in [0, 0.1) is 0 Å². The van der Waals surface area contributed by atoms with Gasteiger partial charge in [0.1, 0.15) is 5.03 Å². The molecule has 0 N–H and O–H groups in total. The molecule has 1 aromatic heterocycles. The topological polar surface area (TPSA) is 33.2 Å². The first-order valence-electron chi connectivity index (χ1n) is 3.32. The van der Waals surface area contributed by atoms with Gasteiger partial charge in [-0.15, -0.1) is 0 Å². The highest BCUT2D eigenvalue weighted by molar-refractivity contribution is 8.08. The van der Waals surface area contributed by atoms with E-state index in [4.69, 9.17) is 10.7 Å². The Morgan fingerprint density at radius 2 is 2.25 bits per heavy atom. The average Bonchev–Trinajstić information content (AvgIpc) is 2.04. The maximum Gasteiger partial charge on any atom is 0.166 e. The van der Waals surface area contributed by atoms with E-state index < -0.39 is 10.0 Å². The lowest BCUT2D eigenvalue weighted by Crippen LogP contribution is -2.09. The molecule has 1 heterocycles. The molecule has 66 valence electrons. The number of pyridine rings is 1. The summed E-state index contributed by atoms with van der Waals surface area (Å²) in [6, 6.07) is 3.52. The molecule has 0 amide bonds. The minimum Gasteiger partial charge on any atom is -0.378 e. The van der Waals surface area contributed by atoms with Crippen LogP contribution < -0.4 is 4.90 Å². The Morgan fingerprint density at radius 1 is 1.58 bits per heavy atom. The molecule has 0 aliphatic heterocycles. The summed E-state index contributed by atoms with van der Waals surface area (Å²) in [5, 5.41) is 0.392. The van der Waals surface area contributed by atoms with E-state index in [0.29, 0.717) is 5.03 Å². The van der Waals surface area contributed by atoms with Crippen molar-refractivity contribution in [3.8, 4) is 0 Å². The van der Waals surface area contributed by atoms with Crippen molar-refractivity contribution in [2.24, 2.45) is 0 Å². The highest BCUT2D eigenvalue weighted by atomic mass is 35.7. The molecule has 0 saturated carbocycles. The van der Waals surface area contributed by atoms with Crippen LogP contribution >= 0.6 is 10.7 Å². The summed E-state index contributed by atoms with van der Waals surface area (Å²) in [6.07, 6.45) is 1.59. The molecule has 0 aliphatic rings. The first-order valence-corrected chi connectivity index (χ1v) is 5.30. The zero-order chi connectivity index (χ0) is 9.14. The van der Waals surface area contributed by atoms with Gasteiger partial charge in [-0.25, -0.2) is 9.19 Å². The third kappa shape index (κ3) is 2.19. The number of anilines is 1. The second-order valence-corrected chi connectivity index (χ2v) is 4.18. The van der Waals surface area contributed by atoms with E-state index >= 15 is 0 Å². The zero-order valence-corrected chi connectivity index (χ0v) is 8.39. The number of aromatic nitrogens is 1. The van der Waals surface area contributed by atoms with Gasteiger partial charge in [0.25, 0.3) is 0 Å². The third-order valence-corrected chi connectivity index (χ3v) is 2.43. The minimum atomic E-state index is -1.52. The van der Waals surface area contributed by atoms with E-state index in [1.54, 1.807) is 12.3 Å². The lowest BCUT2D eigenvalue weighted by Gasteiger charge is -2.11. The molecule has 1 aromatic rings. The molecule has 0 bridgehead atoms. The van der Waals surface area contributed by atoms with Gasteiger partial charge in [0.05, 0.1) is 0 Å². The number of hydrogen-bond donors (Lipinski definition) is 0. The quantitative estimate of drug-likeness (QED) is 0.683. The lowest BCUT2D eigenvalue weighted by atomic mass is 10.4. The summed E-state index contributed by atoms with van der Waals surface area (Å²) in [4.78, 5) is 5.76. The Balaban J connectivity index is 3.04. The van der Waals surface area contributed by atoms with Crippen LogP contribution in [0.3, 0.4) is 0 Å². The zero-order valence-electron chi connectivity index (χ0n) is 6.82. The van der Waals surface area contributed by atoms with Gasteiger partial charge < -0.3 is 4.90 Å². The fourth-order valence-electron chi connectivity index (χ4n) is 0.765. The van der Waals surface area contributed by atoms with Crippen LogP contribution in [0.1, 0.15) is 0 Å². The second-order valence-electron chi connectivity index (χ2n) is 2.47. The van der Waals surface area contributed by atoms with E-state index in [1.165, 1.54) is 0 Å². The Kier molecular flexibility index (Phi) is 3.05. The highest BCUT2D eigenvalue weighted by Crippen LogP contribution is 2.14. The van der Waals surface area contributed by atoms with Gasteiger partial charge >= 0.3 is 0 Å². The fraction of sp³-hybridized carbons (Fsp3) is 0.286. The van der Waals surface area contributed by atoms with Gasteiger partial charge in [-0.05, 0) is 22.8 Å². The maximum atomic E-state index is 10.8. The van der Waals surface area contributed by atoms with Gasteiger partial charge in [-0.3, -0.25) is 0 Å². The summed E-state index contributed by atoms with van der Waals surface area (Å²) >= 11 is 0. The molecular formula is C7H9ClN2OS. The summed E-state index contributed by atoms with van der Waals surface area (Å²) in [6.45, 7) is 0. The van der Waals surface area contributed by atoms with Crippen LogP contribution in [0.15, 0.2) is 23.4 Å². The van der Waals surface area contributed by atoms with Gasteiger partial charge in [-0.2, -0.15) is 0 Å². The van der Waals surface area contributed by atoms with E-state index in [-0.39, 0.29) is 0 Å². The van der Waals surface area contributed by atoms with Crippen LogP contribution in [0.25, 0.3) is 0 Å². The number of nitrogens with zero attached hydrogens (tertiary/aromatic N) is 2. The van der Waals surface area contributed by atoms with Crippen molar-refractivity contribution in [1.82, 2.24) is 4.98 Å². The van der Waals surface area contributed by atoms with E-state index in [0.717, 1.165) is 5.69 Å². The smallest absolute Gasteiger partial charge is 0.166 e. The molecule has 0 aromatic carbocycles. The molecule has 0 spiro atoms. The Morgan fingerprint density at radius 3 is 2.75 bits per heavy atom. The van der Waals surface area contributed by atoms with Crippen molar-refractivity contribution in [2.45, 2.75) is 5.03 Å². The Hall–Kier alpha value is -0.610. The predicted octanol–water partition coefficient (Wildman–Crippen LogP) is 1.41. The molecule has 0 saturated heterocycles. The predicted molar refractivity (Wildman–Crippen MR) is 50.8 cm³/mol. The van der Waals surface area contributed by atoms with Gasteiger partial charge in [0, 0.05) is 26.0 Å². The molecule has 12 heavy (non-hydrogen) atoms. The summed E-state index contributed by atoms with van der Waals surface area (Å²) in [7, 11) is 7.65. The van der Waals surface area contributed by atoms with Crippen LogP contribution in [0.5, 0.6) is 0 Å². The van der Waals surface area contributed by atoms with Gasteiger partial charge in [0.15, 0.2) is 10.0 Å². The normalized spacial score (nSPS) is 12.6. The van der Waals surface area contributed by atoms with Crippen molar-refractivity contribution in [1.29, 1.82) is 0 Å². The minimum absolute atomic E-state index is 0.392. The average molecular weight is 205 g/mol. The van der Waals surface area contributed by atoms with Crippen molar-refractivity contribution in [3.05, 3.63) is 18.3 Å². The summed E-state index contributed by atoms with van der Waals surface area (Å²) < 4.78 is 10.8. The highest BCUT2D eigenvalue weighted by Gasteiger charge is 2.02. The van der Waals surface area contributed by atoms with Crippen molar-refractivity contribution < 1.29 is 4.21 Å². The van der Waals surface area contributed by atoms with Gasteiger partial charge in [0.2, 0.25) is 0 Å². The molecule has 1 atom stereocenters. The van der Waals surface area contributed by atoms with Crippen LogP contribution in [0.4, 0.5) is 5.69 Å². The first kappa shape index (κ1) is 9.48. The standard InChI is InChI=1S/C7H9ClN2OS/c1-10(2)6-3-4-9-7(5-6)12(8)11/h3-5H,1-2H3. The van der Waals surface area contributed by atoms with Crippen LogP contribution in [-0.4, -0.2) is 23.3 Å². The number of hydrogen-bond acceptors (Lipinski definition) is 3. The lowest BCUT2D eigenvalue weighted by molar-refractivity contribution is 0.688. The van der Waals surface area contributed by atoms with Crippen LogP contribution in [0.2, 0.25) is 0 Å².